The first-order chi connectivity index (χ1) is 8.56. The lowest BCUT2D eigenvalue weighted by atomic mass is 10.1. The van der Waals surface area contributed by atoms with Crippen LogP contribution in [-0.2, 0) is 9.53 Å². The molecule has 0 amide bonds. The van der Waals surface area contributed by atoms with Gasteiger partial charge in [-0.2, -0.15) is 0 Å². The van der Waals surface area contributed by atoms with Crippen molar-refractivity contribution < 1.29 is 19.6 Å². The minimum absolute atomic E-state index is 0.0410. The molecule has 1 unspecified atom stereocenters. The largest absolute Gasteiger partial charge is 0.456 e. The highest BCUT2D eigenvalue weighted by atomic mass is 16.6. The third-order valence-corrected chi connectivity index (χ3v) is 2.01. The van der Waals surface area contributed by atoms with Gasteiger partial charge < -0.3 is 9.84 Å². The highest BCUT2D eigenvalue weighted by Gasteiger charge is 2.17. The van der Waals surface area contributed by atoms with Crippen LogP contribution in [0.4, 0.5) is 5.69 Å². The van der Waals surface area contributed by atoms with E-state index in [4.69, 9.17) is 0 Å². The summed E-state index contributed by atoms with van der Waals surface area (Å²) in [7, 11) is 0. The quantitative estimate of drug-likeness (QED) is 0.286. The molecular weight excluding hydrogens is 238 g/mol. The normalized spacial score (nSPS) is 11.0. The second kappa shape index (κ2) is 6.37. The number of nitro benzene ring substituents is 1. The van der Waals surface area contributed by atoms with Crippen molar-refractivity contribution in [3.05, 3.63) is 39.9 Å². The second-order valence-electron chi connectivity index (χ2n) is 3.21. The maximum atomic E-state index is 11.0. The Morgan fingerprint density at radius 1 is 1.56 bits per heavy atom. The Hall–Kier alpha value is -2.39. The molecule has 0 aliphatic carbocycles. The molecule has 1 N–H and O–H groups in total. The van der Waals surface area contributed by atoms with Crippen LogP contribution in [-0.4, -0.2) is 22.6 Å². The molecule has 0 heterocycles. The van der Waals surface area contributed by atoms with Gasteiger partial charge in [0.05, 0.1) is 17.1 Å². The van der Waals surface area contributed by atoms with Crippen LogP contribution in [0.25, 0.3) is 0 Å². The molecule has 0 spiro atoms. The Morgan fingerprint density at radius 3 is 2.83 bits per heavy atom. The molecule has 0 saturated heterocycles. The van der Waals surface area contributed by atoms with E-state index in [9.17, 15) is 20.0 Å². The van der Waals surface area contributed by atoms with Crippen LogP contribution in [0.15, 0.2) is 24.3 Å². The van der Waals surface area contributed by atoms with Gasteiger partial charge in [-0.3, -0.25) is 10.1 Å². The summed E-state index contributed by atoms with van der Waals surface area (Å²) in [5.41, 5.74) is -0.206. The number of esters is 1. The molecule has 0 fully saturated rings. The average Bonchev–Trinajstić information content (AvgIpc) is 2.36. The number of rotatable bonds is 3. The standard InChI is InChI=1S/C12H11NO5/c1-2-18-12(15)8-7-11(14)9-5-3-4-6-10(9)13(16)17/h3-6,11,14H,2H2,1H3. The first-order valence-electron chi connectivity index (χ1n) is 5.16. The van der Waals surface area contributed by atoms with Crippen LogP contribution in [0.3, 0.4) is 0 Å². The lowest BCUT2D eigenvalue weighted by Crippen LogP contribution is -2.03. The molecule has 0 aromatic heterocycles. The molecule has 1 aromatic rings. The van der Waals surface area contributed by atoms with E-state index in [0.717, 1.165) is 0 Å². The maximum absolute atomic E-state index is 11.0. The van der Waals surface area contributed by atoms with Crippen LogP contribution in [0.5, 0.6) is 0 Å². The lowest BCUT2D eigenvalue weighted by molar-refractivity contribution is -0.386. The Kier molecular flexibility index (Phi) is 4.84. The third kappa shape index (κ3) is 3.57. The van der Waals surface area contributed by atoms with Gasteiger partial charge in [0.15, 0.2) is 0 Å². The van der Waals surface area contributed by atoms with E-state index in [1.807, 2.05) is 0 Å². The van der Waals surface area contributed by atoms with Crippen molar-refractivity contribution in [1.29, 1.82) is 0 Å². The Morgan fingerprint density at radius 2 is 2.22 bits per heavy atom. The number of carbonyl (C=O) groups is 1. The predicted octanol–water partition coefficient (Wildman–Crippen LogP) is 1.19. The summed E-state index contributed by atoms with van der Waals surface area (Å²) >= 11 is 0. The van der Waals surface area contributed by atoms with Crippen LogP contribution >= 0.6 is 0 Å². The van der Waals surface area contributed by atoms with Gasteiger partial charge >= 0.3 is 5.97 Å². The number of hydrogen-bond acceptors (Lipinski definition) is 5. The number of hydrogen-bond donors (Lipinski definition) is 1. The van der Waals surface area contributed by atoms with Crippen molar-refractivity contribution in [1.82, 2.24) is 0 Å². The number of benzene rings is 1. The molecule has 0 saturated carbocycles. The molecular formula is C12H11NO5. The zero-order valence-corrected chi connectivity index (χ0v) is 9.62. The summed E-state index contributed by atoms with van der Waals surface area (Å²) in [6.07, 6.45) is -1.41. The molecule has 18 heavy (non-hydrogen) atoms. The molecule has 1 rings (SSSR count). The van der Waals surface area contributed by atoms with E-state index in [1.165, 1.54) is 24.3 Å². The number of nitrogens with zero attached hydrogens (tertiary/aromatic N) is 1. The summed E-state index contributed by atoms with van der Waals surface area (Å²) < 4.78 is 4.55. The monoisotopic (exact) mass is 249 g/mol. The van der Waals surface area contributed by atoms with E-state index in [0.29, 0.717) is 0 Å². The summed E-state index contributed by atoms with van der Waals surface area (Å²) in [5.74, 6) is 3.49. The van der Waals surface area contributed by atoms with Gasteiger partial charge in [0.25, 0.3) is 5.69 Å². The third-order valence-electron chi connectivity index (χ3n) is 2.01. The zero-order chi connectivity index (χ0) is 13.5. The summed E-state index contributed by atoms with van der Waals surface area (Å²) in [6, 6.07) is 5.65. The van der Waals surface area contributed by atoms with E-state index >= 15 is 0 Å². The van der Waals surface area contributed by atoms with E-state index in [2.05, 4.69) is 16.6 Å². The number of carbonyl (C=O) groups excluding carboxylic acids is 1. The molecule has 6 heteroatoms. The van der Waals surface area contributed by atoms with E-state index < -0.39 is 17.0 Å². The average molecular weight is 249 g/mol. The summed E-state index contributed by atoms with van der Waals surface area (Å²) in [6.45, 7) is 1.80. The Balaban J connectivity index is 2.94. The lowest BCUT2D eigenvalue weighted by Gasteiger charge is -2.03. The van der Waals surface area contributed by atoms with E-state index in [1.54, 1.807) is 6.92 Å². The fraction of sp³-hybridized carbons (Fsp3) is 0.250. The molecule has 94 valence electrons. The van der Waals surface area contributed by atoms with Crippen LogP contribution in [0.2, 0.25) is 0 Å². The smallest absolute Gasteiger partial charge is 0.384 e. The van der Waals surface area contributed by atoms with Gasteiger partial charge in [-0.25, -0.2) is 4.79 Å². The van der Waals surface area contributed by atoms with Gasteiger partial charge in [0, 0.05) is 12.0 Å². The summed E-state index contributed by atoms with van der Waals surface area (Å²) in [5, 5.41) is 20.4. The van der Waals surface area contributed by atoms with Gasteiger partial charge in [-0.1, -0.05) is 18.1 Å². The minimum atomic E-state index is -1.41. The molecule has 0 aliphatic rings. The van der Waals surface area contributed by atoms with Gasteiger partial charge in [-0.15, -0.1) is 0 Å². The Labute approximate surface area is 103 Å². The molecule has 0 aliphatic heterocycles. The number of ether oxygens (including phenoxy) is 1. The number of aliphatic hydroxyl groups is 1. The van der Waals surface area contributed by atoms with Gasteiger partial charge in [0.1, 0.15) is 6.10 Å². The maximum Gasteiger partial charge on any atom is 0.384 e. The molecule has 0 bridgehead atoms. The first-order valence-corrected chi connectivity index (χ1v) is 5.16. The highest BCUT2D eigenvalue weighted by molar-refractivity contribution is 5.88. The molecule has 1 aromatic carbocycles. The predicted molar refractivity (Wildman–Crippen MR) is 62.5 cm³/mol. The SMILES string of the molecule is CCOC(=O)C#CC(O)c1ccccc1[N+](=O)[O-]. The van der Waals surface area contributed by atoms with Crippen molar-refractivity contribution in [2.45, 2.75) is 13.0 Å². The van der Waals surface area contributed by atoms with Crippen molar-refractivity contribution in [3.8, 4) is 11.8 Å². The van der Waals surface area contributed by atoms with Crippen LogP contribution in [0, 0.1) is 22.0 Å². The molecule has 1 atom stereocenters. The van der Waals surface area contributed by atoms with Gasteiger partial charge in [0.2, 0.25) is 0 Å². The van der Waals surface area contributed by atoms with Crippen LogP contribution in [0.1, 0.15) is 18.6 Å². The summed E-state index contributed by atoms with van der Waals surface area (Å²) in [4.78, 5) is 21.1. The van der Waals surface area contributed by atoms with Crippen molar-refractivity contribution in [2.24, 2.45) is 0 Å². The number of nitro groups is 1. The topological polar surface area (TPSA) is 89.7 Å². The fourth-order valence-corrected chi connectivity index (χ4v) is 1.26. The van der Waals surface area contributed by atoms with Crippen molar-refractivity contribution in [2.75, 3.05) is 6.61 Å². The Bertz CT molecular complexity index is 515. The first kappa shape index (κ1) is 13.7. The molecule has 6 nitrogen and oxygen atoms in total. The van der Waals surface area contributed by atoms with Crippen molar-refractivity contribution in [3.63, 3.8) is 0 Å². The van der Waals surface area contributed by atoms with Gasteiger partial charge in [-0.05, 0) is 13.0 Å². The minimum Gasteiger partial charge on any atom is -0.456 e. The fourth-order valence-electron chi connectivity index (χ4n) is 1.26. The van der Waals surface area contributed by atoms with Crippen molar-refractivity contribution >= 4 is 11.7 Å². The van der Waals surface area contributed by atoms with Crippen LogP contribution < -0.4 is 0 Å². The number of para-hydroxylation sites is 1. The number of aliphatic hydroxyl groups excluding tert-OH is 1. The highest BCUT2D eigenvalue weighted by Crippen LogP contribution is 2.23. The second-order valence-corrected chi connectivity index (χ2v) is 3.21. The molecule has 0 radical (unpaired) electrons. The zero-order valence-electron chi connectivity index (χ0n) is 9.62. The van der Waals surface area contributed by atoms with E-state index in [-0.39, 0.29) is 17.9 Å².